The molecular formula is C15H24N2O2S. The molecule has 0 radical (unpaired) electrons. The van der Waals surface area contributed by atoms with Crippen molar-refractivity contribution in [1.82, 2.24) is 4.98 Å². The molecule has 1 aromatic rings. The SMILES string of the molecule is CC1CCCC(CCNc2ncccc2S(C)(=O)=O)C1. The highest BCUT2D eigenvalue weighted by Gasteiger charge is 2.19. The Morgan fingerprint density at radius 3 is 2.90 bits per heavy atom. The molecule has 2 unspecified atom stereocenters. The Bertz CT molecular complexity index is 543. The minimum atomic E-state index is -3.22. The third kappa shape index (κ3) is 4.20. The predicted molar refractivity (Wildman–Crippen MR) is 81.6 cm³/mol. The molecule has 2 rings (SSSR count). The molecular weight excluding hydrogens is 272 g/mol. The average molecular weight is 296 g/mol. The zero-order chi connectivity index (χ0) is 14.6. The minimum Gasteiger partial charge on any atom is -0.369 e. The molecule has 0 aromatic carbocycles. The standard InChI is InChI=1S/C15H24N2O2S/c1-12-5-3-6-13(11-12)8-10-17-15-14(20(2,18)19)7-4-9-16-15/h4,7,9,12-13H,3,5-6,8,10-11H2,1-2H3,(H,16,17). The smallest absolute Gasteiger partial charge is 0.179 e. The van der Waals surface area contributed by atoms with Crippen molar-refractivity contribution in [3.05, 3.63) is 18.3 Å². The summed E-state index contributed by atoms with van der Waals surface area (Å²) in [5, 5.41) is 3.19. The highest BCUT2D eigenvalue weighted by Crippen LogP contribution is 2.30. The van der Waals surface area contributed by atoms with Gasteiger partial charge in [-0.15, -0.1) is 0 Å². The van der Waals surface area contributed by atoms with Crippen LogP contribution in [0.1, 0.15) is 39.0 Å². The lowest BCUT2D eigenvalue weighted by molar-refractivity contribution is 0.274. The molecule has 112 valence electrons. The monoisotopic (exact) mass is 296 g/mol. The zero-order valence-corrected chi connectivity index (χ0v) is 13.1. The first kappa shape index (κ1) is 15.3. The topological polar surface area (TPSA) is 59.1 Å². The Morgan fingerprint density at radius 2 is 2.20 bits per heavy atom. The van der Waals surface area contributed by atoms with E-state index in [0.717, 1.165) is 24.8 Å². The van der Waals surface area contributed by atoms with Gasteiger partial charge in [0, 0.05) is 19.0 Å². The van der Waals surface area contributed by atoms with Crippen molar-refractivity contribution in [3.63, 3.8) is 0 Å². The van der Waals surface area contributed by atoms with Gasteiger partial charge in [0.1, 0.15) is 10.7 Å². The average Bonchev–Trinajstić information content (AvgIpc) is 2.38. The van der Waals surface area contributed by atoms with Crippen LogP contribution in [0, 0.1) is 11.8 Å². The van der Waals surface area contributed by atoms with E-state index in [1.807, 2.05) is 0 Å². The summed E-state index contributed by atoms with van der Waals surface area (Å²) < 4.78 is 23.4. The maximum absolute atomic E-state index is 11.7. The minimum absolute atomic E-state index is 0.289. The molecule has 20 heavy (non-hydrogen) atoms. The van der Waals surface area contributed by atoms with Crippen molar-refractivity contribution in [2.24, 2.45) is 11.8 Å². The lowest BCUT2D eigenvalue weighted by Gasteiger charge is -2.26. The molecule has 0 aliphatic heterocycles. The molecule has 0 saturated heterocycles. The van der Waals surface area contributed by atoms with Crippen molar-refractivity contribution in [1.29, 1.82) is 0 Å². The van der Waals surface area contributed by atoms with Crippen LogP contribution in [0.25, 0.3) is 0 Å². The number of hydrogen-bond donors (Lipinski definition) is 1. The molecule has 1 aliphatic rings. The van der Waals surface area contributed by atoms with Crippen LogP contribution < -0.4 is 5.32 Å². The molecule has 1 saturated carbocycles. The van der Waals surface area contributed by atoms with E-state index in [-0.39, 0.29) is 4.90 Å². The predicted octanol–water partition coefficient (Wildman–Crippen LogP) is 3.11. The summed E-state index contributed by atoms with van der Waals surface area (Å²) in [6.07, 6.45) is 9.20. The summed E-state index contributed by atoms with van der Waals surface area (Å²) in [5.74, 6) is 2.07. The molecule has 1 aliphatic carbocycles. The van der Waals surface area contributed by atoms with Crippen LogP contribution in [0.15, 0.2) is 23.2 Å². The van der Waals surface area contributed by atoms with Crippen LogP contribution in [-0.2, 0) is 9.84 Å². The molecule has 4 nitrogen and oxygen atoms in total. The van der Waals surface area contributed by atoms with Gasteiger partial charge in [0.15, 0.2) is 9.84 Å². The number of hydrogen-bond acceptors (Lipinski definition) is 4. The van der Waals surface area contributed by atoms with Crippen molar-refractivity contribution >= 4 is 15.7 Å². The van der Waals surface area contributed by atoms with Crippen LogP contribution in [0.4, 0.5) is 5.82 Å². The van der Waals surface area contributed by atoms with E-state index in [1.165, 1.54) is 31.9 Å². The highest BCUT2D eigenvalue weighted by atomic mass is 32.2. The maximum atomic E-state index is 11.7. The maximum Gasteiger partial charge on any atom is 0.179 e. The second-order valence-electron chi connectivity index (χ2n) is 5.98. The fourth-order valence-corrected chi connectivity index (χ4v) is 3.84. The molecule has 1 N–H and O–H groups in total. The number of pyridine rings is 1. The van der Waals surface area contributed by atoms with Crippen LogP contribution >= 0.6 is 0 Å². The summed E-state index contributed by atoms with van der Waals surface area (Å²) in [6.45, 7) is 3.11. The Kier molecular flexibility index (Phi) is 5.02. The van der Waals surface area contributed by atoms with Gasteiger partial charge in [0.2, 0.25) is 0 Å². The lowest BCUT2D eigenvalue weighted by atomic mass is 9.81. The number of sulfone groups is 1. The van der Waals surface area contributed by atoms with E-state index in [4.69, 9.17) is 0 Å². The largest absolute Gasteiger partial charge is 0.369 e. The molecule has 1 heterocycles. The van der Waals surface area contributed by atoms with E-state index < -0.39 is 9.84 Å². The molecule has 0 bridgehead atoms. The summed E-state index contributed by atoms with van der Waals surface area (Å²) in [5.41, 5.74) is 0. The van der Waals surface area contributed by atoms with Gasteiger partial charge in [-0.2, -0.15) is 0 Å². The fraction of sp³-hybridized carbons (Fsp3) is 0.667. The number of aromatic nitrogens is 1. The van der Waals surface area contributed by atoms with Gasteiger partial charge >= 0.3 is 0 Å². The van der Waals surface area contributed by atoms with Gasteiger partial charge in [-0.3, -0.25) is 0 Å². The van der Waals surface area contributed by atoms with E-state index in [9.17, 15) is 8.42 Å². The number of rotatable bonds is 5. The molecule has 2 atom stereocenters. The van der Waals surface area contributed by atoms with Crippen LogP contribution in [-0.4, -0.2) is 26.2 Å². The first-order valence-corrected chi connectivity index (χ1v) is 9.25. The molecule has 1 aromatic heterocycles. The summed E-state index contributed by atoms with van der Waals surface area (Å²) in [4.78, 5) is 4.44. The Morgan fingerprint density at radius 1 is 1.40 bits per heavy atom. The normalized spacial score (nSPS) is 23.5. The van der Waals surface area contributed by atoms with Gasteiger partial charge in [-0.25, -0.2) is 13.4 Å². The second-order valence-corrected chi connectivity index (χ2v) is 7.96. The third-order valence-corrected chi connectivity index (χ3v) is 5.19. The summed E-state index contributed by atoms with van der Waals surface area (Å²) in [6, 6.07) is 3.26. The van der Waals surface area contributed by atoms with E-state index in [0.29, 0.717) is 5.82 Å². The van der Waals surface area contributed by atoms with E-state index >= 15 is 0 Å². The Labute approximate surface area is 121 Å². The van der Waals surface area contributed by atoms with Gasteiger partial charge in [0.05, 0.1) is 0 Å². The van der Waals surface area contributed by atoms with Crippen molar-refractivity contribution in [2.45, 2.75) is 43.9 Å². The highest BCUT2D eigenvalue weighted by molar-refractivity contribution is 7.90. The van der Waals surface area contributed by atoms with Gasteiger partial charge in [-0.1, -0.05) is 26.2 Å². The lowest BCUT2D eigenvalue weighted by Crippen LogP contribution is -2.17. The van der Waals surface area contributed by atoms with Crippen LogP contribution in [0.5, 0.6) is 0 Å². The molecule has 0 amide bonds. The quantitative estimate of drug-likeness (QED) is 0.907. The molecule has 0 spiro atoms. The van der Waals surface area contributed by atoms with Gasteiger partial charge in [-0.05, 0) is 36.8 Å². The number of nitrogens with one attached hydrogen (secondary N) is 1. The van der Waals surface area contributed by atoms with Crippen molar-refractivity contribution in [3.8, 4) is 0 Å². The van der Waals surface area contributed by atoms with Gasteiger partial charge < -0.3 is 5.32 Å². The van der Waals surface area contributed by atoms with Gasteiger partial charge in [0.25, 0.3) is 0 Å². The van der Waals surface area contributed by atoms with Crippen LogP contribution in [0.3, 0.4) is 0 Å². The summed E-state index contributed by atoms with van der Waals surface area (Å²) >= 11 is 0. The van der Waals surface area contributed by atoms with Crippen LogP contribution in [0.2, 0.25) is 0 Å². The summed E-state index contributed by atoms with van der Waals surface area (Å²) in [7, 11) is -3.22. The molecule has 1 fully saturated rings. The second kappa shape index (κ2) is 6.57. The Balaban J connectivity index is 1.91. The van der Waals surface area contributed by atoms with E-state index in [2.05, 4.69) is 17.2 Å². The number of nitrogens with zero attached hydrogens (tertiary/aromatic N) is 1. The Hall–Kier alpha value is -1.10. The third-order valence-electron chi connectivity index (χ3n) is 4.06. The zero-order valence-electron chi connectivity index (χ0n) is 12.3. The van der Waals surface area contributed by atoms with Crippen molar-refractivity contribution in [2.75, 3.05) is 18.1 Å². The molecule has 5 heteroatoms. The fourth-order valence-electron chi connectivity index (χ4n) is 3.04. The first-order valence-electron chi connectivity index (χ1n) is 7.35. The van der Waals surface area contributed by atoms with Crippen molar-refractivity contribution < 1.29 is 8.42 Å². The first-order chi connectivity index (χ1) is 9.47. The van der Waals surface area contributed by atoms with E-state index in [1.54, 1.807) is 18.3 Å². The number of anilines is 1.